The maximum absolute atomic E-state index is 12.9. The number of carbonyl (C=O) groups excluding carboxylic acids is 1. The van der Waals surface area contributed by atoms with Crippen molar-refractivity contribution < 1.29 is 9.53 Å². The van der Waals surface area contributed by atoms with Crippen molar-refractivity contribution in [3.05, 3.63) is 69.9 Å². The first kappa shape index (κ1) is 15.3. The van der Waals surface area contributed by atoms with Gasteiger partial charge in [0.1, 0.15) is 5.56 Å². The standard InChI is InChI=1S/C17H11ClN4O3/c1-25-17(24)11-9-20-22-13-6-7-21(14-5-3-2-4-12(14)18)16(23)10(13)8-19-15(11)22/h2-9H,1H3. The molecule has 0 unspecified atom stereocenters. The molecule has 0 atom stereocenters. The number of para-hydroxylation sites is 1. The largest absolute Gasteiger partial charge is 0.465 e. The Labute approximate surface area is 146 Å². The summed E-state index contributed by atoms with van der Waals surface area (Å²) in [5, 5.41) is 4.98. The molecule has 4 rings (SSSR count). The highest BCUT2D eigenvalue weighted by Crippen LogP contribution is 2.20. The number of pyridine rings is 1. The van der Waals surface area contributed by atoms with Crippen molar-refractivity contribution in [3.63, 3.8) is 0 Å². The molecule has 124 valence electrons. The van der Waals surface area contributed by atoms with Crippen molar-refractivity contribution in [2.24, 2.45) is 0 Å². The molecule has 3 heterocycles. The van der Waals surface area contributed by atoms with Crippen LogP contribution in [0.15, 0.2) is 53.7 Å². The van der Waals surface area contributed by atoms with Gasteiger partial charge in [-0.05, 0) is 18.2 Å². The van der Waals surface area contributed by atoms with Gasteiger partial charge in [0, 0.05) is 12.4 Å². The van der Waals surface area contributed by atoms with Gasteiger partial charge in [-0.3, -0.25) is 9.36 Å². The summed E-state index contributed by atoms with van der Waals surface area (Å²) in [7, 11) is 1.29. The lowest BCUT2D eigenvalue weighted by Crippen LogP contribution is -2.19. The molecule has 3 aromatic heterocycles. The first-order valence-electron chi connectivity index (χ1n) is 7.33. The molecular formula is C17H11ClN4O3. The van der Waals surface area contributed by atoms with Crippen molar-refractivity contribution in [2.75, 3.05) is 7.11 Å². The molecule has 0 bridgehead atoms. The van der Waals surface area contributed by atoms with Crippen LogP contribution < -0.4 is 5.56 Å². The van der Waals surface area contributed by atoms with Crippen LogP contribution in [0.4, 0.5) is 0 Å². The first-order chi connectivity index (χ1) is 12.1. The second-order valence-electron chi connectivity index (χ2n) is 5.28. The van der Waals surface area contributed by atoms with Crippen LogP contribution in [-0.2, 0) is 4.74 Å². The average Bonchev–Trinajstić information content (AvgIpc) is 3.07. The maximum atomic E-state index is 12.9. The van der Waals surface area contributed by atoms with Crippen molar-refractivity contribution >= 4 is 34.1 Å². The highest BCUT2D eigenvalue weighted by molar-refractivity contribution is 6.32. The van der Waals surface area contributed by atoms with E-state index < -0.39 is 5.97 Å². The van der Waals surface area contributed by atoms with Gasteiger partial charge < -0.3 is 4.74 Å². The predicted octanol–water partition coefficient (Wildman–Crippen LogP) is 2.47. The third-order valence-electron chi connectivity index (χ3n) is 3.91. The van der Waals surface area contributed by atoms with Crippen molar-refractivity contribution in [2.45, 2.75) is 0 Å². The van der Waals surface area contributed by atoms with E-state index in [4.69, 9.17) is 16.3 Å². The molecule has 0 aliphatic rings. The third kappa shape index (κ3) is 2.28. The Hall–Kier alpha value is -3.19. The minimum Gasteiger partial charge on any atom is -0.465 e. The van der Waals surface area contributed by atoms with Crippen LogP contribution in [0.1, 0.15) is 10.4 Å². The zero-order valence-electron chi connectivity index (χ0n) is 13.0. The highest BCUT2D eigenvalue weighted by atomic mass is 35.5. The molecule has 0 aliphatic carbocycles. The molecule has 0 spiro atoms. The minimum atomic E-state index is -0.536. The molecule has 0 amide bonds. The van der Waals surface area contributed by atoms with Crippen molar-refractivity contribution in [3.8, 4) is 5.69 Å². The Balaban J connectivity index is 2.01. The molecule has 0 saturated carbocycles. The first-order valence-corrected chi connectivity index (χ1v) is 7.71. The molecule has 8 heteroatoms. The molecular weight excluding hydrogens is 344 g/mol. The third-order valence-corrected chi connectivity index (χ3v) is 4.23. The number of esters is 1. The van der Waals surface area contributed by atoms with Crippen LogP contribution in [0.25, 0.3) is 22.2 Å². The van der Waals surface area contributed by atoms with Gasteiger partial charge in [0.15, 0.2) is 5.65 Å². The fourth-order valence-corrected chi connectivity index (χ4v) is 2.93. The lowest BCUT2D eigenvalue weighted by Gasteiger charge is -2.09. The second kappa shape index (κ2) is 5.71. The number of fused-ring (bicyclic) bond motifs is 3. The van der Waals surface area contributed by atoms with E-state index in [0.29, 0.717) is 27.3 Å². The van der Waals surface area contributed by atoms with Gasteiger partial charge in [0.2, 0.25) is 0 Å². The summed E-state index contributed by atoms with van der Waals surface area (Å²) in [5.41, 5.74) is 1.39. The van der Waals surface area contributed by atoms with Crippen LogP contribution >= 0.6 is 11.6 Å². The van der Waals surface area contributed by atoms with E-state index >= 15 is 0 Å². The van der Waals surface area contributed by atoms with Crippen molar-refractivity contribution in [1.29, 1.82) is 0 Å². The van der Waals surface area contributed by atoms with Crippen LogP contribution in [0.5, 0.6) is 0 Å². The van der Waals surface area contributed by atoms with E-state index in [2.05, 4.69) is 10.1 Å². The summed E-state index contributed by atoms with van der Waals surface area (Å²) in [6.45, 7) is 0. The van der Waals surface area contributed by atoms with E-state index in [9.17, 15) is 9.59 Å². The van der Waals surface area contributed by atoms with E-state index in [1.165, 1.54) is 28.6 Å². The number of ether oxygens (including phenoxy) is 1. The van der Waals surface area contributed by atoms with Crippen LogP contribution in [-0.4, -0.2) is 32.2 Å². The van der Waals surface area contributed by atoms with Gasteiger partial charge in [-0.15, -0.1) is 0 Å². The lowest BCUT2D eigenvalue weighted by molar-refractivity contribution is 0.0602. The summed E-state index contributed by atoms with van der Waals surface area (Å²) in [6.07, 6.45) is 4.41. The smallest absolute Gasteiger partial charge is 0.343 e. The predicted molar refractivity (Wildman–Crippen MR) is 92.4 cm³/mol. The number of hydrogen-bond donors (Lipinski definition) is 0. The van der Waals surface area contributed by atoms with E-state index in [0.717, 1.165) is 0 Å². The Morgan fingerprint density at radius 2 is 2.00 bits per heavy atom. The summed E-state index contributed by atoms with van der Waals surface area (Å²) in [5.74, 6) is -0.536. The van der Waals surface area contributed by atoms with Crippen LogP contribution in [0, 0.1) is 0 Å². The highest BCUT2D eigenvalue weighted by Gasteiger charge is 2.17. The summed E-state index contributed by atoms with van der Waals surface area (Å²) in [4.78, 5) is 28.8. The van der Waals surface area contributed by atoms with E-state index in [-0.39, 0.29) is 11.1 Å². The van der Waals surface area contributed by atoms with Gasteiger partial charge in [0.25, 0.3) is 5.56 Å². The molecule has 0 fully saturated rings. The van der Waals surface area contributed by atoms with Gasteiger partial charge >= 0.3 is 5.97 Å². The molecule has 0 radical (unpaired) electrons. The number of methoxy groups -OCH3 is 1. The fraction of sp³-hybridized carbons (Fsp3) is 0.0588. The normalized spacial score (nSPS) is 11.1. The van der Waals surface area contributed by atoms with Gasteiger partial charge in [0.05, 0.1) is 34.9 Å². The maximum Gasteiger partial charge on any atom is 0.343 e. The Morgan fingerprint density at radius 1 is 1.20 bits per heavy atom. The molecule has 0 aliphatic heterocycles. The monoisotopic (exact) mass is 354 g/mol. The molecule has 0 N–H and O–H groups in total. The molecule has 1 aromatic carbocycles. The molecule has 0 saturated heterocycles. The number of rotatable bonds is 2. The molecule has 7 nitrogen and oxygen atoms in total. The number of aromatic nitrogens is 4. The van der Waals surface area contributed by atoms with Crippen molar-refractivity contribution in [1.82, 2.24) is 19.2 Å². The Kier molecular flexibility index (Phi) is 3.51. The zero-order chi connectivity index (χ0) is 17.6. The van der Waals surface area contributed by atoms with Gasteiger partial charge in [-0.25, -0.2) is 14.3 Å². The molecule has 25 heavy (non-hydrogen) atoms. The second-order valence-corrected chi connectivity index (χ2v) is 5.69. The summed E-state index contributed by atoms with van der Waals surface area (Å²) < 4.78 is 7.61. The van der Waals surface area contributed by atoms with Crippen LogP contribution in [0.3, 0.4) is 0 Å². The SMILES string of the molecule is COC(=O)c1cnn2c1ncc1c(=O)n(-c3ccccc3Cl)ccc12. The zero-order valence-corrected chi connectivity index (χ0v) is 13.8. The van der Waals surface area contributed by atoms with E-state index in [1.807, 2.05) is 0 Å². The number of nitrogens with zero attached hydrogens (tertiary/aromatic N) is 4. The number of halogens is 1. The Morgan fingerprint density at radius 3 is 2.76 bits per heavy atom. The summed E-state index contributed by atoms with van der Waals surface area (Å²) in [6, 6.07) is 8.79. The van der Waals surface area contributed by atoms with E-state index in [1.54, 1.807) is 36.5 Å². The Bertz CT molecular complexity index is 1200. The minimum absolute atomic E-state index is 0.236. The fourth-order valence-electron chi connectivity index (χ4n) is 2.71. The topological polar surface area (TPSA) is 78.5 Å². The van der Waals surface area contributed by atoms with Gasteiger partial charge in [-0.1, -0.05) is 23.7 Å². The number of benzene rings is 1. The molecule has 4 aromatic rings. The average molecular weight is 355 g/mol. The van der Waals surface area contributed by atoms with Crippen LogP contribution in [0.2, 0.25) is 5.02 Å². The number of hydrogen-bond acceptors (Lipinski definition) is 5. The quantitative estimate of drug-likeness (QED) is 0.517. The van der Waals surface area contributed by atoms with Gasteiger partial charge in [-0.2, -0.15) is 5.10 Å². The number of carbonyl (C=O) groups is 1. The lowest BCUT2D eigenvalue weighted by atomic mass is 10.2. The summed E-state index contributed by atoms with van der Waals surface area (Å²) >= 11 is 6.19.